The number of urea groups is 1. The molecule has 112 valence electrons. The Morgan fingerprint density at radius 2 is 2.00 bits per heavy atom. The fourth-order valence-corrected chi connectivity index (χ4v) is 1.89. The number of aliphatic carboxylic acids is 1. The Labute approximate surface area is 116 Å². The van der Waals surface area contributed by atoms with Gasteiger partial charge in [0.05, 0.1) is 6.42 Å². The molecular formula is C12H19N3O5. The summed E-state index contributed by atoms with van der Waals surface area (Å²) in [5, 5.41) is 13.6. The molecule has 0 bridgehead atoms. The fraction of sp³-hybridized carbons (Fsp3) is 0.667. The average molecular weight is 285 g/mol. The second kappa shape index (κ2) is 5.89. The molecule has 0 saturated carbocycles. The molecule has 3 N–H and O–H groups in total. The van der Waals surface area contributed by atoms with Crippen LogP contribution in [-0.2, 0) is 14.4 Å². The van der Waals surface area contributed by atoms with E-state index in [0.29, 0.717) is 6.42 Å². The number of carbonyl (C=O) groups is 4. The largest absolute Gasteiger partial charge is 0.481 e. The molecule has 1 fully saturated rings. The highest BCUT2D eigenvalue weighted by Crippen LogP contribution is 2.16. The third kappa shape index (κ3) is 3.69. The molecule has 1 rings (SSSR count). The van der Waals surface area contributed by atoms with Gasteiger partial charge < -0.3 is 15.7 Å². The van der Waals surface area contributed by atoms with E-state index in [0.717, 1.165) is 4.90 Å². The normalized spacial score (nSPS) is 18.6. The first-order valence-corrected chi connectivity index (χ1v) is 6.32. The first-order chi connectivity index (χ1) is 9.17. The lowest BCUT2D eigenvalue weighted by Crippen LogP contribution is -2.45. The Kier molecular flexibility index (Phi) is 4.69. The maximum Gasteiger partial charge on any atom is 0.325 e. The molecule has 0 radical (unpaired) electrons. The summed E-state index contributed by atoms with van der Waals surface area (Å²) >= 11 is 0. The van der Waals surface area contributed by atoms with Crippen LogP contribution < -0.4 is 10.6 Å². The van der Waals surface area contributed by atoms with E-state index in [4.69, 9.17) is 5.11 Å². The highest BCUT2D eigenvalue weighted by atomic mass is 16.4. The predicted octanol–water partition coefficient (Wildman–Crippen LogP) is -0.314. The highest BCUT2D eigenvalue weighted by Gasteiger charge is 2.44. The van der Waals surface area contributed by atoms with Crippen molar-refractivity contribution in [3.8, 4) is 0 Å². The highest BCUT2D eigenvalue weighted by molar-refractivity contribution is 6.08. The van der Waals surface area contributed by atoms with Crippen LogP contribution in [0.15, 0.2) is 0 Å². The molecule has 0 aromatic rings. The van der Waals surface area contributed by atoms with Crippen molar-refractivity contribution in [2.24, 2.45) is 0 Å². The number of carboxylic acid groups (broad SMARTS) is 1. The molecule has 20 heavy (non-hydrogen) atoms. The SMILES string of the molecule is CCC(CC(=O)O)NC(=O)CN1C(=O)NC(C)(C)C1=O. The molecule has 0 aromatic heterocycles. The van der Waals surface area contributed by atoms with Crippen molar-refractivity contribution in [3.63, 3.8) is 0 Å². The summed E-state index contributed by atoms with van der Waals surface area (Å²) in [6, 6.07) is -1.14. The van der Waals surface area contributed by atoms with Crippen molar-refractivity contribution in [3.05, 3.63) is 0 Å². The zero-order valence-electron chi connectivity index (χ0n) is 11.7. The van der Waals surface area contributed by atoms with Gasteiger partial charge in [0.2, 0.25) is 5.91 Å². The van der Waals surface area contributed by atoms with Gasteiger partial charge >= 0.3 is 12.0 Å². The minimum absolute atomic E-state index is 0.201. The summed E-state index contributed by atoms with van der Waals surface area (Å²) in [7, 11) is 0. The zero-order chi connectivity index (χ0) is 15.5. The lowest BCUT2D eigenvalue weighted by atomic mass is 10.1. The van der Waals surface area contributed by atoms with E-state index in [1.807, 2.05) is 0 Å². The molecule has 0 spiro atoms. The molecule has 0 aromatic carbocycles. The molecule has 4 amide bonds. The molecule has 1 saturated heterocycles. The Hall–Kier alpha value is -2.12. The minimum atomic E-state index is -1.03. The van der Waals surface area contributed by atoms with Crippen LogP contribution in [0, 0.1) is 0 Å². The number of hydrogen-bond donors (Lipinski definition) is 3. The second-order valence-corrected chi connectivity index (χ2v) is 5.22. The van der Waals surface area contributed by atoms with Crippen molar-refractivity contribution in [1.29, 1.82) is 0 Å². The van der Waals surface area contributed by atoms with Gasteiger partial charge in [0.25, 0.3) is 5.91 Å². The maximum absolute atomic E-state index is 11.9. The van der Waals surface area contributed by atoms with E-state index in [1.54, 1.807) is 20.8 Å². The Bertz CT molecular complexity index is 446. The number of carbonyl (C=O) groups excluding carboxylic acids is 3. The van der Waals surface area contributed by atoms with E-state index in [9.17, 15) is 19.2 Å². The first kappa shape index (κ1) is 15.9. The van der Waals surface area contributed by atoms with Gasteiger partial charge in [-0.25, -0.2) is 4.79 Å². The standard InChI is InChI=1S/C12H19N3O5/c1-4-7(5-9(17)18)13-8(16)6-15-10(19)12(2,3)14-11(15)20/h7H,4-6H2,1-3H3,(H,13,16)(H,14,20)(H,17,18). The summed E-state index contributed by atoms with van der Waals surface area (Å²) in [6.45, 7) is 4.42. The Morgan fingerprint density at radius 1 is 1.40 bits per heavy atom. The fourth-order valence-electron chi connectivity index (χ4n) is 1.89. The Morgan fingerprint density at radius 3 is 2.40 bits per heavy atom. The maximum atomic E-state index is 11.9. The molecule has 8 nitrogen and oxygen atoms in total. The molecular weight excluding hydrogens is 266 g/mol. The van der Waals surface area contributed by atoms with E-state index in [-0.39, 0.29) is 6.42 Å². The van der Waals surface area contributed by atoms with E-state index in [1.165, 1.54) is 0 Å². The van der Waals surface area contributed by atoms with Crippen LogP contribution in [0.25, 0.3) is 0 Å². The number of rotatable bonds is 6. The van der Waals surface area contributed by atoms with Crippen LogP contribution >= 0.6 is 0 Å². The van der Waals surface area contributed by atoms with Crippen molar-refractivity contribution < 1.29 is 24.3 Å². The summed E-state index contributed by atoms with van der Waals surface area (Å²) in [4.78, 5) is 46.7. The number of imide groups is 1. The molecule has 0 aliphatic carbocycles. The third-order valence-electron chi connectivity index (χ3n) is 3.03. The van der Waals surface area contributed by atoms with Crippen LogP contribution in [0.4, 0.5) is 4.79 Å². The first-order valence-electron chi connectivity index (χ1n) is 6.32. The lowest BCUT2D eigenvalue weighted by molar-refractivity contribution is -0.138. The van der Waals surface area contributed by atoms with Gasteiger partial charge in [-0.15, -0.1) is 0 Å². The van der Waals surface area contributed by atoms with Gasteiger partial charge in [-0.05, 0) is 20.3 Å². The minimum Gasteiger partial charge on any atom is -0.481 e. The summed E-state index contributed by atoms with van der Waals surface area (Å²) in [6.07, 6.45) is 0.248. The van der Waals surface area contributed by atoms with Crippen molar-refractivity contribution in [1.82, 2.24) is 15.5 Å². The van der Waals surface area contributed by atoms with Gasteiger partial charge in [0.15, 0.2) is 0 Å². The van der Waals surface area contributed by atoms with Crippen LogP contribution in [-0.4, -0.2) is 51.9 Å². The molecule has 8 heteroatoms. The predicted molar refractivity (Wildman–Crippen MR) is 68.8 cm³/mol. The summed E-state index contributed by atoms with van der Waals surface area (Å²) in [5.74, 6) is -2.06. The Balaban J connectivity index is 2.60. The number of nitrogens with zero attached hydrogens (tertiary/aromatic N) is 1. The van der Waals surface area contributed by atoms with Gasteiger partial charge in [0, 0.05) is 6.04 Å². The van der Waals surface area contributed by atoms with Crippen molar-refractivity contribution in [2.75, 3.05) is 6.54 Å². The summed E-state index contributed by atoms with van der Waals surface area (Å²) < 4.78 is 0. The quantitative estimate of drug-likeness (QED) is 0.579. The number of carboxylic acids is 1. The lowest BCUT2D eigenvalue weighted by Gasteiger charge is -2.18. The second-order valence-electron chi connectivity index (χ2n) is 5.22. The zero-order valence-corrected chi connectivity index (χ0v) is 11.7. The smallest absolute Gasteiger partial charge is 0.325 e. The van der Waals surface area contributed by atoms with Crippen molar-refractivity contribution >= 4 is 23.8 Å². The molecule has 1 aliphatic heterocycles. The van der Waals surface area contributed by atoms with Crippen LogP contribution in [0.2, 0.25) is 0 Å². The van der Waals surface area contributed by atoms with Crippen LogP contribution in [0.1, 0.15) is 33.6 Å². The molecule has 1 atom stereocenters. The average Bonchev–Trinajstić information content (AvgIpc) is 2.50. The van der Waals surface area contributed by atoms with E-state index in [2.05, 4.69) is 10.6 Å². The van der Waals surface area contributed by atoms with Gasteiger partial charge in [0.1, 0.15) is 12.1 Å². The van der Waals surface area contributed by atoms with Crippen molar-refractivity contribution in [2.45, 2.75) is 45.2 Å². The van der Waals surface area contributed by atoms with Gasteiger partial charge in [-0.1, -0.05) is 6.92 Å². The van der Waals surface area contributed by atoms with Crippen LogP contribution in [0.5, 0.6) is 0 Å². The monoisotopic (exact) mass is 285 g/mol. The molecule has 1 aliphatic rings. The van der Waals surface area contributed by atoms with Gasteiger partial charge in [-0.2, -0.15) is 0 Å². The number of amides is 4. The molecule has 1 unspecified atom stereocenters. The van der Waals surface area contributed by atoms with E-state index < -0.39 is 41.9 Å². The van der Waals surface area contributed by atoms with E-state index >= 15 is 0 Å². The number of nitrogens with one attached hydrogen (secondary N) is 2. The summed E-state index contributed by atoms with van der Waals surface area (Å²) in [5.41, 5.74) is -1.03. The molecule has 1 heterocycles. The third-order valence-corrected chi connectivity index (χ3v) is 3.03. The topological polar surface area (TPSA) is 116 Å². The number of hydrogen-bond acceptors (Lipinski definition) is 4. The van der Waals surface area contributed by atoms with Crippen LogP contribution in [0.3, 0.4) is 0 Å². The van der Waals surface area contributed by atoms with Gasteiger partial charge in [-0.3, -0.25) is 19.3 Å².